The Morgan fingerprint density at radius 1 is 0.846 bits per heavy atom. The van der Waals surface area contributed by atoms with Crippen LogP contribution in [0.4, 0.5) is 10.1 Å². The third-order valence-electron chi connectivity index (χ3n) is 7.50. The number of carbonyl (C=O) groups is 2. The molecule has 0 radical (unpaired) electrons. The lowest BCUT2D eigenvalue weighted by Crippen LogP contribution is -2.52. The Morgan fingerprint density at radius 2 is 1.46 bits per heavy atom. The molecule has 1 saturated heterocycles. The Labute approximate surface area is 231 Å². The lowest BCUT2D eigenvalue weighted by molar-refractivity contribution is -0.137. The van der Waals surface area contributed by atoms with E-state index in [9.17, 15) is 9.59 Å². The van der Waals surface area contributed by atoms with Crippen molar-refractivity contribution >= 4 is 17.5 Å². The van der Waals surface area contributed by atoms with Crippen LogP contribution in [0.15, 0.2) is 78.9 Å². The second-order valence-electron chi connectivity index (χ2n) is 10.0. The van der Waals surface area contributed by atoms with Crippen LogP contribution in [0, 0.1) is 5.82 Å². The van der Waals surface area contributed by atoms with Gasteiger partial charge in [0.05, 0.1) is 12.1 Å². The quantitative estimate of drug-likeness (QED) is 0.379. The molecule has 1 aliphatic rings. The van der Waals surface area contributed by atoms with E-state index in [1.165, 1.54) is 6.07 Å². The lowest BCUT2D eigenvalue weighted by Gasteiger charge is -2.41. The van der Waals surface area contributed by atoms with Gasteiger partial charge >= 0.3 is 0 Å². The molecule has 0 saturated carbocycles. The Kier molecular flexibility index (Phi) is 9.71. The van der Waals surface area contributed by atoms with Crippen LogP contribution in [-0.2, 0) is 22.6 Å². The molecule has 1 aliphatic heterocycles. The smallest absolute Gasteiger partial charge is 0.244 e. The van der Waals surface area contributed by atoms with Crippen LogP contribution < -0.4 is 4.90 Å². The molecule has 1 fully saturated rings. The van der Waals surface area contributed by atoms with E-state index in [0.29, 0.717) is 57.1 Å². The molecule has 1 unspecified atom stereocenters. The summed E-state index contributed by atoms with van der Waals surface area (Å²) in [4.78, 5) is 34.0. The fourth-order valence-electron chi connectivity index (χ4n) is 5.25. The zero-order chi connectivity index (χ0) is 27.8. The van der Waals surface area contributed by atoms with Crippen LogP contribution in [0.2, 0.25) is 0 Å². The van der Waals surface area contributed by atoms with E-state index in [1.807, 2.05) is 90.4 Å². The summed E-state index contributed by atoms with van der Waals surface area (Å²) in [6.07, 6.45) is 0.153. The van der Waals surface area contributed by atoms with Crippen molar-refractivity contribution in [2.45, 2.75) is 32.9 Å². The van der Waals surface area contributed by atoms with Gasteiger partial charge in [0.2, 0.25) is 11.8 Å². The van der Waals surface area contributed by atoms with Crippen molar-refractivity contribution in [1.29, 1.82) is 0 Å². The summed E-state index contributed by atoms with van der Waals surface area (Å²) in [5.74, 6) is -0.264. The normalized spacial score (nSPS) is 14.6. The van der Waals surface area contributed by atoms with Crippen molar-refractivity contribution < 1.29 is 14.0 Å². The van der Waals surface area contributed by atoms with Gasteiger partial charge < -0.3 is 14.7 Å². The first-order valence-corrected chi connectivity index (χ1v) is 13.8. The highest BCUT2D eigenvalue weighted by atomic mass is 19.1. The fourth-order valence-corrected chi connectivity index (χ4v) is 5.25. The number of rotatable bonds is 10. The summed E-state index contributed by atoms with van der Waals surface area (Å²) >= 11 is 0. The van der Waals surface area contributed by atoms with Gasteiger partial charge in [0.25, 0.3) is 0 Å². The molecule has 0 aromatic heterocycles. The van der Waals surface area contributed by atoms with E-state index in [4.69, 9.17) is 0 Å². The third-order valence-corrected chi connectivity index (χ3v) is 7.50. The summed E-state index contributed by atoms with van der Waals surface area (Å²) in [5.41, 5.74) is 3.24. The summed E-state index contributed by atoms with van der Waals surface area (Å²) < 4.78 is 15.2. The maximum Gasteiger partial charge on any atom is 0.244 e. The molecule has 0 N–H and O–H groups in total. The van der Waals surface area contributed by atoms with Gasteiger partial charge in [0, 0.05) is 52.9 Å². The van der Waals surface area contributed by atoms with Crippen LogP contribution in [-0.4, -0.2) is 72.8 Å². The van der Waals surface area contributed by atoms with Gasteiger partial charge in [-0.1, -0.05) is 66.7 Å². The number of carbonyl (C=O) groups excluding carboxylic acids is 2. The minimum Gasteiger partial charge on any atom is -0.367 e. The van der Waals surface area contributed by atoms with E-state index in [0.717, 1.165) is 11.1 Å². The number of amides is 2. The average molecular weight is 531 g/mol. The van der Waals surface area contributed by atoms with Gasteiger partial charge in [-0.2, -0.15) is 0 Å². The summed E-state index contributed by atoms with van der Waals surface area (Å²) in [7, 11) is 1.77. The van der Waals surface area contributed by atoms with Crippen molar-refractivity contribution in [2.75, 3.05) is 51.2 Å². The van der Waals surface area contributed by atoms with Crippen molar-refractivity contribution in [3.63, 3.8) is 0 Å². The van der Waals surface area contributed by atoms with Crippen LogP contribution in [0.5, 0.6) is 0 Å². The third kappa shape index (κ3) is 7.03. The molecule has 7 heteroatoms. The van der Waals surface area contributed by atoms with E-state index in [2.05, 4.69) is 4.90 Å². The maximum absolute atomic E-state index is 15.2. The number of likely N-dealkylation sites (N-methyl/N-ethyl adjacent to an activating group) is 2. The molecule has 1 heterocycles. The Balaban J connectivity index is 1.39. The molecule has 0 spiro atoms. The number of benzene rings is 3. The molecule has 3 aromatic rings. The van der Waals surface area contributed by atoms with Crippen molar-refractivity contribution in [3.8, 4) is 0 Å². The van der Waals surface area contributed by atoms with Gasteiger partial charge in [-0.25, -0.2) is 4.39 Å². The predicted octanol–water partition coefficient (Wildman–Crippen LogP) is 4.76. The fraction of sp³-hybridized carbons (Fsp3) is 0.375. The summed E-state index contributed by atoms with van der Waals surface area (Å²) in [6, 6.07) is 24.5. The number of anilines is 1. The highest BCUT2D eigenvalue weighted by Gasteiger charge is 2.33. The molecule has 206 valence electrons. The number of halogens is 1. The first-order chi connectivity index (χ1) is 18.9. The molecule has 0 aliphatic carbocycles. The molecule has 3 aromatic carbocycles. The first-order valence-electron chi connectivity index (χ1n) is 13.8. The average Bonchev–Trinajstić information content (AvgIpc) is 2.95. The van der Waals surface area contributed by atoms with Gasteiger partial charge in [0.15, 0.2) is 0 Å². The van der Waals surface area contributed by atoms with Gasteiger partial charge in [-0.05, 0) is 42.7 Å². The number of nitrogens with zero attached hydrogens (tertiary/aromatic N) is 4. The summed E-state index contributed by atoms with van der Waals surface area (Å²) in [6.45, 7) is 8.39. The second kappa shape index (κ2) is 13.4. The molecule has 2 amide bonds. The van der Waals surface area contributed by atoms with Crippen LogP contribution in [0.25, 0.3) is 0 Å². The maximum atomic E-state index is 15.2. The molecule has 6 nitrogen and oxygen atoms in total. The highest BCUT2D eigenvalue weighted by molar-refractivity contribution is 5.83. The van der Waals surface area contributed by atoms with E-state index < -0.39 is 0 Å². The zero-order valence-electron chi connectivity index (χ0n) is 23.2. The Hall–Kier alpha value is -3.71. The number of hydrogen-bond donors (Lipinski definition) is 0. The molecule has 4 rings (SSSR count). The monoisotopic (exact) mass is 530 g/mol. The van der Waals surface area contributed by atoms with Crippen molar-refractivity contribution in [2.24, 2.45) is 0 Å². The molecule has 0 bridgehead atoms. The molecule has 1 atom stereocenters. The van der Waals surface area contributed by atoms with Crippen LogP contribution >= 0.6 is 0 Å². The molecular weight excluding hydrogens is 491 g/mol. The topological polar surface area (TPSA) is 47.1 Å². The number of piperazine rings is 1. The standard InChI is InChI=1S/C32H39FN4O2/c1-4-35(5-2)32(39)31(27-14-10-7-11-15-27)37-20-18-36(19-21-37)29-17-16-26(22-28(29)33)23-30(38)34(3)24-25-12-8-6-9-13-25/h6-17,22,31H,4-5,18-21,23-24H2,1-3H3. The van der Waals surface area contributed by atoms with Crippen molar-refractivity contribution in [1.82, 2.24) is 14.7 Å². The Morgan fingerprint density at radius 3 is 2.05 bits per heavy atom. The molecule has 39 heavy (non-hydrogen) atoms. The minimum atomic E-state index is -0.348. The SMILES string of the molecule is CCN(CC)C(=O)C(c1ccccc1)N1CCN(c2ccc(CC(=O)N(C)Cc3ccccc3)cc2F)CC1. The zero-order valence-corrected chi connectivity index (χ0v) is 23.2. The van der Waals surface area contributed by atoms with E-state index in [1.54, 1.807) is 18.0 Å². The number of hydrogen-bond acceptors (Lipinski definition) is 4. The van der Waals surface area contributed by atoms with Gasteiger partial charge in [-0.3, -0.25) is 14.5 Å². The largest absolute Gasteiger partial charge is 0.367 e. The first kappa shape index (κ1) is 28.3. The van der Waals surface area contributed by atoms with Crippen LogP contribution in [0.3, 0.4) is 0 Å². The Bertz CT molecular complexity index is 1230. The second-order valence-corrected chi connectivity index (χ2v) is 10.0. The lowest BCUT2D eigenvalue weighted by atomic mass is 10.0. The molecular formula is C32H39FN4O2. The highest BCUT2D eigenvalue weighted by Crippen LogP contribution is 2.28. The van der Waals surface area contributed by atoms with E-state index >= 15 is 4.39 Å². The van der Waals surface area contributed by atoms with Crippen molar-refractivity contribution in [3.05, 3.63) is 101 Å². The predicted molar refractivity (Wildman–Crippen MR) is 154 cm³/mol. The minimum absolute atomic E-state index is 0.0514. The van der Waals surface area contributed by atoms with Crippen LogP contribution in [0.1, 0.15) is 36.6 Å². The van der Waals surface area contributed by atoms with Gasteiger partial charge in [0.1, 0.15) is 11.9 Å². The van der Waals surface area contributed by atoms with E-state index in [-0.39, 0.29) is 30.1 Å². The summed E-state index contributed by atoms with van der Waals surface area (Å²) in [5, 5.41) is 0. The van der Waals surface area contributed by atoms with Gasteiger partial charge in [-0.15, -0.1) is 0 Å².